The van der Waals surface area contributed by atoms with Gasteiger partial charge >= 0.3 is 0 Å². The smallest absolute Gasteiger partial charge is 0.220 e. The number of hydrogen-bond acceptors (Lipinski definition) is 2. The van der Waals surface area contributed by atoms with Crippen LogP contribution < -0.4 is 5.32 Å². The van der Waals surface area contributed by atoms with Crippen molar-refractivity contribution in [1.82, 2.24) is 15.3 Å². The Balaban J connectivity index is 1.57. The fraction of sp³-hybridized carbons (Fsp3) is 0.222. The van der Waals surface area contributed by atoms with Crippen molar-refractivity contribution in [1.29, 1.82) is 0 Å². The van der Waals surface area contributed by atoms with Crippen molar-refractivity contribution in [3.05, 3.63) is 65.7 Å². The monoisotopic (exact) mass is 311 g/mol. The third-order valence-electron chi connectivity index (χ3n) is 3.75. The highest BCUT2D eigenvalue weighted by Crippen LogP contribution is 2.15. The third kappa shape index (κ3) is 3.74. The van der Waals surface area contributed by atoms with Crippen LogP contribution in [0.5, 0.6) is 0 Å². The highest BCUT2D eigenvalue weighted by atomic mass is 19.1. The molecule has 3 aromatic rings. The van der Waals surface area contributed by atoms with E-state index in [-0.39, 0.29) is 17.8 Å². The normalized spacial score (nSPS) is 12.3. The Morgan fingerprint density at radius 1 is 1.22 bits per heavy atom. The lowest BCUT2D eigenvalue weighted by atomic mass is 10.1. The van der Waals surface area contributed by atoms with Crippen LogP contribution in [0.15, 0.2) is 48.5 Å². The minimum absolute atomic E-state index is 0.0534. The van der Waals surface area contributed by atoms with E-state index in [4.69, 9.17) is 0 Å². The molecule has 0 aliphatic rings. The summed E-state index contributed by atoms with van der Waals surface area (Å²) in [6, 6.07) is 13.8. The van der Waals surface area contributed by atoms with Gasteiger partial charge in [-0.15, -0.1) is 0 Å². The van der Waals surface area contributed by atoms with Crippen molar-refractivity contribution in [2.45, 2.75) is 25.8 Å². The number of amides is 1. The number of aromatic amines is 1. The molecule has 0 saturated heterocycles. The molecule has 1 atom stereocenters. The van der Waals surface area contributed by atoms with Gasteiger partial charge in [-0.05, 0) is 43.2 Å². The van der Waals surface area contributed by atoms with Crippen LogP contribution in [0.1, 0.15) is 30.8 Å². The highest BCUT2D eigenvalue weighted by molar-refractivity contribution is 5.77. The molecule has 0 unspecified atom stereocenters. The van der Waals surface area contributed by atoms with Crippen LogP contribution in [0.25, 0.3) is 11.0 Å². The van der Waals surface area contributed by atoms with Gasteiger partial charge in [0.2, 0.25) is 5.91 Å². The van der Waals surface area contributed by atoms with Gasteiger partial charge in [0, 0.05) is 6.42 Å². The predicted octanol–water partition coefficient (Wildman–Crippen LogP) is 3.51. The van der Waals surface area contributed by atoms with Gasteiger partial charge in [-0.3, -0.25) is 4.79 Å². The number of carbonyl (C=O) groups excluding carboxylic acids is 1. The average Bonchev–Trinajstić information content (AvgIpc) is 2.98. The number of aryl methyl sites for hydroxylation is 1. The summed E-state index contributed by atoms with van der Waals surface area (Å²) >= 11 is 0. The molecule has 1 aromatic heterocycles. The lowest BCUT2D eigenvalue weighted by molar-refractivity contribution is -0.121. The summed E-state index contributed by atoms with van der Waals surface area (Å²) in [5.74, 6) is 0.417. The number of nitrogens with one attached hydrogen (secondary N) is 2. The number of para-hydroxylation sites is 2. The number of rotatable bonds is 5. The van der Waals surface area contributed by atoms with E-state index < -0.39 is 0 Å². The van der Waals surface area contributed by atoms with Gasteiger partial charge in [0.1, 0.15) is 11.6 Å². The first-order chi connectivity index (χ1) is 11.1. The number of hydrogen-bond donors (Lipinski definition) is 2. The summed E-state index contributed by atoms with van der Waals surface area (Å²) < 4.78 is 12.8. The van der Waals surface area contributed by atoms with Gasteiger partial charge in [0.15, 0.2) is 0 Å². The Morgan fingerprint density at radius 2 is 1.96 bits per heavy atom. The molecule has 2 aromatic carbocycles. The van der Waals surface area contributed by atoms with Crippen molar-refractivity contribution >= 4 is 16.9 Å². The van der Waals surface area contributed by atoms with Gasteiger partial charge < -0.3 is 10.3 Å². The van der Waals surface area contributed by atoms with E-state index in [0.717, 1.165) is 22.4 Å². The number of H-pyrrole nitrogens is 1. The average molecular weight is 311 g/mol. The SMILES string of the molecule is C[C@H](NC(=O)CCc1ccc(F)cc1)c1nc2ccccc2[nH]1. The zero-order valence-electron chi connectivity index (χ0n) is 12.8. The summed E-state index contributed by atoms with van der Waals surface area (Å²) in [5, 5.41) is 2.93. The van der Waals surface area contributed by atoms with Crippen molar-refractivity contribution in [3.63, 3.8) is 0 Å². The molecule has 3 rings (SSSR count). The van der Waals surface area contributed by atoms with E-state index in [2.05, 4.69) is 15.3 Å². The van der Waals surface area contributed by atoms with Crippen LogP contribution in [0.3, 0.4) is 0 Å². The fourth-order valence-corrected chi connectivity index (χ4v) is 2.47. The van der Waals surface area contributed by atoms with E-state index in [9.17, 15) is 9.18 Å². The first kappa shape index (κ1) is 15.2. The topological polar surface area (TPSA) is 57.8 Å². The lowest BCUT2D eigenvalue weighted by Gasteiger charge is -2.11. The molecule has 118 valence electrons. The second-order valence-electron chi connectivity index (χ2n) is 5.55. The molecule has 0 radical (unpaired) electrons. The van der Waals surface area contributed by atoms with E-state index in [1.54, 1.807) is 12.1 Å². The zero-order chi connectivity index (χ0) is 16.2. The van der Waals surface area contributed by atoms with Crippen LogP contribution in [0, 0.1) is 5.82 Å². The molecule has 0 aliphatic carbocycles. The molecule has 4 nitrogen and oxygen atoms in total. The summed E-state index contributed by atoms with van der Waals surface area (Å²) in [7, 11) is 0. The maximum absolute atomic E-state index is 12.8. The Hall–Kier alpha value is -2.69. The number of aromatic nitrogens is 2. The first-order valence-corrected chi connectivity index (χ1v) is 7.60. The van der Waals surface area contributed by atoms with Crippen LogP contribution in [-0.4, -0.2) is 15.9 Å². The molecule has 5 heteroatoms. The number of fused-ring (bicyclic) bond motifs is 1. The van der Waals surface area contributed by atoms with Gasteiger partial charge in [-0.2, -0.15) is 0 Å². The van der Waals surface area contributed by atoms with Crippen molar-refractivity contribution in [3.8, 4) is 0 Å². The molecular formula is C18H18FN3O. The summed E-state index contributed by atoms with van der Waals surface area (Å²) in [5.41, 5.74) is 2.78. The van der Waals surface area contributed by atoms with Gasteiger partial charge in [-0.1, -0.05) is 24.3 Å². The van der Waals surface area contributed by atoms with Crippen LogP contribution in [-0.2, 0) is 11.2 Å². The maximum atomic E-state index is 12.8. The molecule has 0 aliphatic heterocycles. The molecule has 0 fully saturated rings. The molecule has 2 N–H and O–H groups in total. The molecular weight excluding hydrogens is 293 g/mol. The molecule has 1 heterocycles. The van der Waals surface area contributed by atoms with E-state index in [1.165, 1.54) is 12.1 Å². The summed E-state index contributed by atoms with van der Waals surface area (Å²) in [6.07, 6.45) is 0.940. The molecule has 0 spiro atoms. The van der Waals surface area contributed by atoms with E-state index >= 15 is 0 Å². The molecule has 1 amide bonds. The Kier molecular flexibility index (Phi) is 4.37. The van der Waals surface area contributed by atoms with Crippen LogP contribution in [0.4, 0.5) is 4.39 Å². The van der Waals surface area contributed by atoms with Crippen molar-refractivity contribution in [2.24, 2.45) is 0 Å². The zero-order valence-corrected chi connectivity index (χ0v) is 12.8. The first-order valence-electron chi connectivity index (χ1n) is 7.60. The maximum Gasteiger partial charge on any atom is 0.220 e. The largest absolute Gasteiger partial charge is 0.346 e. The predicted molar refractivity (Wildman–Crippen MR) is 87.4 cm³/mol. The Bertz CT molecular complexity index is 778. The Morgan fingerprint density at radius 3 is 2.70 bits per heavy atom. The molecule has 0 bridgehead atoms. The van der Waals surface area contributed by atoms with Crippen molar-refractivity contribution < 1.29 is 9.18 Å². The summed E-state index contributed by atoms with van der Waals surface area (Å²) in [6.45, 7) is 1.90. The highest BCUT2D eigenvalue weighted by Gasteiger charge is 2.13. The van der Waals surface area contributed by atoms with Gasteiger partial charge in [-0.25, -0.2) is 9.37 Å². The number of benzene rings is 2. The van der Waals surface area contributed by atoms with Crippen molar-refractivity contribution in [2.75, 3.05) is 0 Å². The fourth-order valence-electron chi connectivity index (χ4n) is 2.47. The minimum Gasteiger partial charge on any atom is -0.346 e. The number of imidazole rings is 1. The molecule has 23 heavy (non-hydrogen) atoms. The lowest BCUT2D eigenvalue weighted by Crippen LogP contribution is -2.27. The van der Waals surface area contributed by atoms with Gasteiger partial charge in [0.05, 0.1) is 17.1 Å². The quantitative estimate of drug-likeness (QED) is 0.757. The second-order valence-corrected chi connectivity index (χ2v) is 5.55. The Labute approximate surface area is 133 Å². The number of carbonyl (C=O) groups is 1. The summed E-state index contributed by atoms with van der Waals surface area (Å²) in [4.78, 5) is 19.8. The molecule has 0 saturated carbocycles. The standard InChI is InChI=1S/C18H18FN3O/c1-12(18-21-15-4-2-3-5-16(15)22-18)20-17(23)11-8-13-6-9-14(19)10-7-13/h2-7,9-10,12H,8,11H2,1H3,(H,20,23)(H,21,22)/t12-/m0/s1. The second kappa shape index (κ2) is 6.60. The van der Waals surface area contributed by atoms with E-state index in [1.807, 2.05) is 31.2 Å². The van der Waals surface area contributed by atoms with Crippen LogP contribution >= 0.6 is 0 Å². The number of halogens is 1. The third-order valence-corrected chi connectivity index (χ3v) is 3.75. The minimum atomic E-state index is -0.267. The van der Waals surface area contributed by atoms with E-state index in [0.29, 0.717) is 12.8 Å². The van der Waals surface area contributed by atoms with Crippen LogP contribution in [0.2, 0.25) is 0 Å². The number of nitrogens with zero attached hydrogens (tertiary/aromatic N) is 1. The van der Waals surface area contributed by atoms with Gasteiger partial charge in [0.25, 0.3) is 0 Å².